The maximum absolute atomic E-state index is 12.6. The van der Waals surface area contributed by atoms with Crippen molar-refractivity contribution in [1.82, 2.24) is 14.9 Å². The molecule has 2 aromatic rings. The van der Waals surface area contributed by atoms with E-state index in [0.29, 0.717) is 18.5 Å². The Bertz CT molecular complexity index is 827. The van der Waals surface area contributed by atoms with Gasteiger partial charge in [0.25, 0.3) is 5.91 Å². The molecule has 1 atom stereocenters. The number of aryl methyl sites for hydroxylation is 1. The highest BCUT2D eigenvalue weighted by Gasteiger charge is 2.25. The quantitative estimate of drug-likeness (QED) is 0.930. The number of hydrogen-bond acceptors (Lipinski definition) is 3. The lowest BCUT2D eigenvalue weighted by Crippen LogP contribution is -2.40. The van der Waals surface area contributed by atoms with Crippen LogP contribution >= 0.6 is 0 Å². The second-order valence-corrected chi connectivity index (χ2v) is 6.70. The smallest absolute Gasteiger partial charge is 0.251 e. The molecule has 0 bridgehead atoms. The van der Waals surface area contributed by atoms with Gasteiger partial charge < -0.3 is 14.8 Å². The molecule has 2 amide bonds. The highest BCUT2D eigenvalue weighted by molar-refractivity contribution is 5.98. The van der Waals surface area contributed by atoms with E-state index in [1.807, 2.05) is 42.4 Å². The lowest BCUT2D eigenvalue weighted by molar-refractivity contribution is -0.118. The molecule has 1 aromatic heterocycles. The molecule has 25 heavy (non-hydrogen) atoms. The molecule has 0 aliphatic carbocycles. The van der Waals surface area contributed by atoms with Gasteiger partial charge in [0.1, 0.15) is 5.82 Å². The molecular weight excluding hydrogens is 316 g/mol. The van der Waals surface area contributed by atoms with E-state index in [2.05, 4.69) is 14.9 Å². The third kappa shape index (κ3) is 2.92. The number of carbonyl (C=O) groups excluding carboxylic acids is 2. The van der Waals surface area contributed by atoms with Gasteiger partial charge in [-0.2, -0.15) is 0 Å². The molecule has 0 spiro atoms. The summed E-state index contributed by atoms with van der Waals surface area (Å²) in [5.41, 5.74) is 2.69. The first-order valence-electron chi connectivity index (χ1n) is 8.90. The summed E-state index contributed by atoms with van der Waals surface area (Å²) >= 11 is 0. The van der Waals surface area contributed by atoms with Crippen LogP contribution in [-0.4, -0.2) is 34.0 Å². The van der Waals surface area contributed by atoms with E-state index in [1.54, 1.807) is 0 Å². The summed E-state index contributed by atoms with van der Waals surface area (Å²) in [4.78, 5) is 30.7. The van der Waals surface area contributed by atoms with Crippen LogP contribution in [0.25, 0.3) is 0 Å². The Morgan fingerprint density at radius 3 is 3.04 bits per heavy atom. The van der Waals surface area contributed by atoms with E-state index in [9.17, 15) is 9.59 Å². The Labute approximate surface area is 146 Å². The van der Waals surface area contributed by atoms with Gasteiger partial charge in [-0.05, 0) is 36.6 Å². The summed E-state index contributed by atoms with van der Waals surface area (Å²) in [5, 5.41) is 3.13. The van der Waals surface area contributed by atoms with Crippen LogP contribution in [0.4, 0.5) is 5.69 Å². The third-order valence-electron chi connectivity index (χ3n) is 5.11. The molecule has 1 unspecified atom stereocenters. The maximum atomic E-state index is 12.6. The van der Waals surface area contributed by atoms with Gasteiger partial charge in [-0.1, -0.05) is 6.92 Å². The van der Waals surface area contributed by atoms with Crippen molar-refractivity contribution in [3.63, 3.8) is 0 Å². The van der Waals surface area contributed by atoms with Crippen molar-refractivity contribution in [3.05, 3.63) is 47.5 Å². The van der Waals surface area contributed by atoms with Gasteiger partial charge in [-0.3, -0.25) is 9.59 Å². The molecule has 4 rings (SSSR count). The second kappa shape index (κ2) is 6.35. The Morgan fingerprint density at radius 1 is 1.32 bits per heavy atom. The monoisotopic (exact) mass is 338 g/mol. The lowest BCUT2D eigenvalue weighted by Gasteiger charge is -2.25. The lowest BCUT2D eigenvalue weighted by atomic mass is 10.0. The number of nitrogens with one attached hydrogen (secondary N) is 1. The van der Waals surface area contributed by atoms with Crippen molar-refractivity contribution in [2.45, 2.75) is 45.2 Å². The number of aromatic nitrogens is 2. The summed E-state index contributed by atoms with van der Waals surface area (Å²) in [7, 11) is 0. The van der Waals surface area contributed by atoms with Crippen LogP contribution in [-0.2, 0) is 24.2 Å². The summed E-state index contributed by atoms with van der Waals surface area (Å²) in [6, 6.07) is 5.78. The largest absolute Gasteiger partial charge is 0.347 e. The van der Waals surface area contributed by atoms with Crippen LogP contribution in [0.15, 0.2) is 30.6 Å². The molecule has 2 aliphatic heterocycles. The van der Waals surface area contributed by atoms with Crippen LogP contribution in [0, 0.1) is 0 Å². The van der Waals surface area contributed by atoms with E-state index in [1.165, 1.54) is 0 Å². The second-order valence-electron chi connectivity index (χ2n) is 6.70. The average molecular weight is 338 g/mol. The predicted octanol–water partition coefficient (Wildman–Crippen LogP) is 1.93. The zero-order chi connectivity index (χ0) is 17.4. The highest BCUT2D eigenvalue weighted by Crippen LogP contribution is 2.29. The number of anilines is 1. The van der Waals surface area contributed by atoms with Crippen molar-refractivity contribution in [2.75, 3.05) is 11.4 Å². The summed E-state index contributed by atoms with van der Waals surface area (Å²) in [6.45, 7) is 3.35. The standard InChI is InChI=1S/C19H22N4O2/c1-2-18(24)23-9-7-13-11-14(3-5-16(13)23)19(25)21-15-4-6-17-20-8-10-22(17)12-15/h3,5,8,10-11,15H,2,4,6-7,9,12H2,1H3,(H,21,25). The van der Waals surface area contributed by atoms with Crippen LogP contribution in [0.1, 0.15) is 41.5 Å². The van der Waals surface area contributed by atoms with Crippen molar-refractivity contribution in [2.24, 2.45) is 0 Å². The fourth-order valence-electron chi connectivity index (χ4n) is 3.75. The number of benzene rings is 1. The molecule has 130 valence electrons. The molecule has 0 saturated heterocycles. The number of imidazole rings is 1. The molecule has 1 N–H and O–H groups in total. The first-order valence-corrected chi connectivity index (χ1v) is 8.90. The van der Waals surface area contributed by atoms with E-state index in [4.69, 9.17) is 0 Å². The van der Waals surface area contributed by atoms with Crippen molar-refractivity contribution in [3.8, 4) is 0 Å². The number of fused-ring (bicyclic) bond motifs is 2. The van der Waals surface area contributed by atoms with E-state index < -0.39 is 0 Å². The molecule has 0 saturated carbocycles. The van der Waals surface area contributed by atoms with Gasteiger partial charge in [-0.25, -0.2) is 4.98 Å². The van der Waals surface area contributed by atoms with E-state index >= 15 is 0 Å². The zero-order valence-corrected chi connectivity index (χ0v) is 14.4. The summed E-state index contributed by atoms with van der Waals surface area (Å²) in [5.74, 6) is 1.18. The van der Waals surface area contributed by atoms with Gasteiger partial charge >= 0.3 is 0 Å². The Morgan fingerprint density at radius 2 is 2.20 bits per heavy atom. The van der Waals surface area contributed by atoms with Gasteiger partial charge in [0.2, 0.25) is 5.91 Å². The Hall–Kier alpha value is -2.63. The van der Waals surface area contributed by atoms with Crippen LogP contribution in [0.5, 0.6) is 0 Å². The Balaban J connectivity index is 1.46. The maximum Gasteiger partial charge on any atom is 0.251 e. The number of hydrogen-bond donors (Lipinski definition) is 1. The van der Waals surface area contributed by atoms with Gasteiger partial charge in [-0.15, -0.1) is 0 Å². The minimum absolute atomic E-state index is 0.0448. The average Bonchev–Trinajstić information content (AvgIpc) is 3.26. The molecule has 0 radical (unpaired) electrons. The van der Waals surface area contributed by atoms with E-state index in [-0.39, 0.29) is 17.9 Å². The molecular formula is C19H22N4O2. The molecule has 2 aliphatic rings. The molecule has 6 nitrogen and oxygen atoms in total. The van der Waals surface area contributed by atoms with Gasteiger partial charge in [0.05, 0.1) is 0 Å². The number of nitrogens with zero attached hydrogens (tertiary/aromatic N) is 3. The van der Waals surface area contributed by atoms with Crippen molar-refractivity contribution >= 4 is 17.5 Å². The van der Waals surface area contributed by atoms with Crippen LogP contribution < -0.4 is 10.2 Å². The summed E-state index contributed by atoms with van der Waals surface area (Å²) < 4.78 is 2.10. The Kier molecular flexibility index (Phi) is 4.03. The number of carbonyl (C=O) groups is 2. The number of amides is 2. The minimum Gasteiger partial charge on any atom is -0.347 e. The molecule has 3 heterocycles. The van der Waals surface area contributed by atoms with Crippen LogP contribution in [0.2, 0.25) is 0 Å². The van der Waals surface area contributed by atoms with Gasteiger partial charge in [0, 0.05) is 55.6 Å². The summed E-state index contributed by atoms with van der Waals surface area (Å²) in [6.07, 6.45) is 6.87. The SMILES string of the molecule is CCC(=O)N1CCc2cc(C(=O)NC3CCc4nccn4C3)ccc21. The third-order valence-corrected chi connectivity index (χ3v) is 5.11. The fraction of sp³-hybridized carbons (Fsp3) is 0.421. The van der Waals surface area contributed by atoms with Crippen molar-refractivity contribution in [1.29, 1.82) is 0 Å². The predicted molar refractivity (Wildman–Crippen MR) is 94.6 cm³/mol. The highest BCUT2D eigenvalue weighted by atomic mass is 16.2. The minimum atomic E-state index is -0.0448. The fourth-order valence-corrected chi connectivity index (χ4v) is 3.75. The van der Waals surface area contributed by atoms with Crippen molar-refractivity contribution < 1.29 is 9.59 Å². The first-order chi connectivity index (χ1) is 12.2. The molecule has 1 aromatic carbocycles. The number of rotatable bonds is 3. The normalized spacial score (nSPS) is 18.6. The van der Waals surface area contributed by atoms with Crippen LogP contribution in [0.3, 0.4) is 0 Å². The zero-order valence-electron chi connectivity index (χ0n) is 14.4. The molecule has 6 heteroatoms. The van der Waals surface area contributed by atoms with E-state index in [0.717, 1.165) is 42.9 Å². The topological polar surface area (TPSA) is 67.2 Å². The van der Waals surface area contributed by atoms with Gasteiger partial charge in [0.15, 0.2) is 0 Å². The first kappa shape index (κ1) is 15.9. The molecule has 0 fully saturated rings.